The third kappa shape index (κ3) is 3.46. The molecule has 4 nitrogen and oxygen atoms in total. The Morgan fingerprint density at radius 1 is 1.12 bits per heavy atom. The molecule has 3 aromatic carbocycles. The fourth-order valence-electron chi connectivity index (χ4n) is 2.59. The van der Waals surface area contributed by atoms with E-state index in [1.807, 2.05) is 24.3 Å². The van der Waals surface area contributed by atoms with Crippen LogP contribution in [0.1, 0.15) is 11.1 Å². The van der Waals surface area contributed by atoms with Crippen LogP contribution in [0.15, 0.2) is 59.8 Å². The normalized spacial score (nSPS) is 11.1. The Labute approximate surface area is 153 Å². The second-order valence-electron chi connectivity index (χ2n) is 5.21. The van der Waals surface area contributed by atoms with Crippen LogP contribution < -0.4 is 9.47 Å². The van der Waals surface area contributed by atoms with Gasteiger partial charge in [0.2, 0.25) is 0 Å². The van der Waals surface area contributed by atoms with E-state index in [1.165, 1.54) is 17.0 Å². The minimum absolute atomic E-state index is 0.446. The third-order valence-electron chi connectivity index (χ3n) is 3.71. The maximum absolute atomic E-state index is 8.69. The molecule has 0 bridgehead atoms. The first-order chi connectivity index (χ1) is 11.7. The van der Waals surface area contributed by atoms with E-state index in [9.17, 15) is 0 Å². The second kappa shape index (κ2) is 7.53. The molecule has 0 atom stereocenters. The van der Waals surface area contributed by atoms with Crippen molar-refractivity contribution in [2.24, 2.45) is 5.16 Å². The first-order valence-corrected chi connectivity index (χ1v) is 8.45. The molecule has 0 aromatic heterocycles. The highest BCUT2D eigenvalue weighted by Gasteiger charge is 2.12. The van der Waals surface area contributed by atoms with Gasteiger partial charge in [-0.1, -0.05) is 47.6 Å². The Balaban J connectivity index is 1.91. The van der Waals surface area contributed by atoms with Crippen molar-refractivity contribution in [3.05, 3.63) is 69.3 Å². The predicted octanol–water partition coefficient (Wildman–Crippen LogP) is 4.84. The molecule has 0 fully saturated rings. The van der Waals surface area contributed by atoms with Crippen LogP contribution in [0.5, 0.6) is 11.5 Å². The number of nitrogens with zero attached hydrogens (tertiary/aromatic N) is 1. The molecule has 0 aliphatic carbocycles. The van der Waals surface area contributed by atoms with E-state index >= 15 is 0 Å². The summed E-state index contributed by atoms with van der Waals surface area (Å²) in [4.78, 5) is 0. The SMILES string of the molecule is COc1cc(/C=N\O)cc(I)c1OCc1cccc2ccccc12. The summed E-state index contributed by atoms with van der Waals surface area (Å²) in [5.74, 6) is 1.29. The zero-order valence-corrected chi connectivity index (χ0v) is 15.2. The van der Waals surface area contributed by atoms with Crippen LogP contribution in [-0.4, -0.2) is 18.5 Å². The molecule has 0 unspecified atom stereocenters. The first-order valence-electron chi connectivity index (χ1n) is 7.37. The lowest BCUT2D eigenvalue weighted by molar-refractivity contribution is 0.283. The van der Waals surface area contributed by atoms with Crippen LogP contribution in [0.4, 0.5) is 0 Å². The van der Waals surface area contributed by atoms with E-state index in [0.29, 0.717) is 18.1 Å². The number of halogens is 1. The smallest absolute Gasteiger partial charge is 0.174 e. The van der Waals surface area contributed by atoms with Gasteiger partial charge in [-0.3, -0.25) is 0 Å². The molecule has 0 saturated heterocycles. The van der Waals surface area contributed by atoms with Crippen molar-refractivity contribution in [2.45, 2.75) is 6.61 Å². The first kappa shape index (κ1) is 16.6. The zero-order chi connectivity index (χ0) is 16.9. The number of hydrogen-bond donors (Lipinski definition) is 1. The van der Waals surface area contributed by atoms with Crippen LogP contribution in [-0.2, 0) is 6.61 Å². The number of oxime groups is 1. The van der Waals surface area contributed by atoms with Gasteiger partial charge in [-0.15, -0.1) is 0 Å². The molecular formula is C19H16INO3. The van der Waals surface area contributed by atoms with Crippen molar-refractivity contribution in [1.82, 2.24) is 0 Å². The Bertz CT molecular complexity index is 888. The van der Waals surface area contributed by atoms with Crippen molar-refractivity contribution in [3.8, 4) is 11.5 Å². The summed E-state index contributed by atoms with van der Waals surface area (Å²) in [6.45, 7) is 0.446. The third-order valence-corrected chi connectivity index (χ3v) is 4.51. The van der Waals surface area contributed by atoms with E-state index < -0.39 is 0 Å². The standard InChI is InChI=1S/C19H16INO3/c1-23-18-10-13(11-21-22)9-17(20)19(18)24-12-15-7-4-6-14-5-2-3-8-16(14)15/h2-11,22H,12H2,1H3/b21-11-. The minimum Gasteiger partial charge on any atom is -0.493 e. The summed E-state index contributed by atoms with van der Waals surface area (Å²) in [6, 6.07) is 18.1. The molecule has 24 heavy (non-hydrogen) atoms. The number of methoxy groups -OCH3 is 1. The van der Waals surface area contributed by atoms with E-state index in [-0.39, 0.29) is 0 Å². The molecule has 0 aliphatic heterocycles. The van der Waals surface area contributed by atoms with Crippen LogP contribution in [0, 0.1) is 3.57 Å². The Kier molecular flexibility index (Phi) is 5.20. The van der Waals surface area contributed by atoms with E-state index in [4.69, 9.17) is 14.7 Å². The van der Waals surface area contributed by atoms with Gasteiger partial charge in [0.05, 0.1) is 16.9 Å². The lowest BCUT2D eigenvalue weighted by Crippen LogP contribution is -2.01. The summed E-state index contributed by atoms with van der Waals surface area (Å²) < 4.78 is 12.4. The topological polar surface area (TPSA) is 51.0 Å². The molecule has 3 rings (SSSR count). The molecule has 1 N–H and O–H groups in total. The second-order valence-corrected chi connectivity index (χ2v) is 6.37. The maximum atomic E-state index is 8.69. The van der Waals surface area contributed by atoms with Crippen LogP contribution in [0.25, 0.3) is 10.8 Å². The van der Waals surface area contributed by atoms with Gasteiger partial charge in [0.15, 0.2) is 11.5 Å². The molecule has 0 amide bonds. The summed E-state index contributed by atoms with van der Waals surface area (Å²) in [7, 11) is 1.59. The summed E-state index contributed by atoms with van der Waals surface area (Å²) in [5, 5.41) is 14.1. The van der Waals surface area contributed by atoms with Gasteiger partial charge in [-0.05, 0) is 51.1 Å². The lowest BCUT2D eigenvalue weighted by Gasteiger charge is -2.14. The highest BCUT2D eigenvalue weighted by Crippen LogP contribution is 2.34. The van der Waals surface area contributed by atoms with Gasteiger partial charge < -0.3 is 14.7 Å². The van der Waals surface area contributed by atoms with Gasteiger partial charge in [-0.2, -0.15) is 0 Å². The van der Waals surface area contributed by atoms with Gasteiger partial charge in [-0.25, -0.2) is 0 Å². The highest BCUT2D eigenvalue weighted by atomic mass is 127. The lowest BCUT2D eigenvalue weighted by atomic mass is 10.1. The zero-order valence-electron chi connectivity index (χ0n) is 13.1. The fourth-order valence-corrected chi connectivity index (χ4v) is 3.37. The molecule has 0 saturated carbocycles. The molecule has 122 valence electrons. The highest BCUT2D eigenvalue weighted by molar-refractivity contribution is 14.1. The molecule has 5 heteroatoms. The average molecular weight is 433 g/mol. The Morgan fingerprint density at radius 2 is 1.92 bits per heavy atom. The minimum atomic E-state index is 0.446. The molecular weight excluding hydrogens is 417 g/mol. The van der Waals surface area contributed by atoms with Crippen molar-refractivity contribution >= 4 is 39.6 Å². The van der Waals surface area contributed by atoms with Crippen molar-refractivity contribution in [3.63, 3.8) is 0 Å². The summed E-state index contributed by atoms with van der Waals surface area (Å²) >= 11 is 2.19. The molecule has 0 aliphatic rings. The summed E-state index contributed by atoms with van der Waals surface area (Å²) in [6.07, 6.45) is 1.36. The van der Waals surface area contributed by atoms with Crippen molar-refractivity contribution in [2.75, 3.05) is 7.11 Å². The average Bonchev–Trinajstić information content (AvgIpc) is 2.60. The van der Waals surface area contributed by atoms with Gasteiger partial charge in [0.25, 0.3) is 0 Å². The molecule has 0 heterocycles. The number of benzene rings is 3. The predicted molar refractivity (Wildman–Crippen MR) is 103 cm³/mol. The van der Waals surface area contributed by atoms with Crippen molar-refractivity contribution < 1.29 is 14.7 Å². The molecule has 3 aromatic rings. The quantitative estimate of drug-likeness (QED) is 0.271. The monoisotopic (exact) mass is 433 g/mol. The van der Waals surface area contributed by atoms with Crippen LogP contribution in [0.2, 0.25) is 0 Å². The number of hydrogen-bond acceptors (Lipinski definition) is 4. The largest absolute Gasteiger partial charge is 0.493 e. The van der Waals surface area contributed by atoms with Gasteiger partial charge >= 0.3 is 0 Å². The van der Waals surface area contributed by atoms with Gasteiger partial charge in [0.1, 0.15) is 6.61 Å². The van der Waals surface area contributed by atoms with E-state index in [0.717, 1.165) is 14.7 Å². The Morgan fingerprint density at radius 3 is 2.71 bits per heavy atom. The van der Waals surface area contributed by atoms with Gasteiger partial charge in [0, 0.05) is 5.56 Å². The summed E-state index contributed by atoms with van der Waals surface area (Å²) in [5.41, 5.74) is 1.86. The number of rotatable bonds is 5. The van der Waals surface area contributed by atoms with Crippen molar-refractivity contribution in [1.29, 1.82) is 0 Å². The molecule has 0 spiro atoms. The van der Waals surface area contributed by atoms with E-state index in [1.54, 1.807) is 13.2 Å². The number of ether oxygens (including phenoxy) is 2. The van der Waals surface area contributed by atoms with Crippen LogP contribution >= 0.6 is 22.6 Å². The maximum Gasteiger partial charge on any atom is 0.174 e. The van der Waals surface area contributed by atoms with Crippen LogP contribution in [0.3, 0.4) is 0 Å². The molecule has 0 radical (unpaired) electrons. The Hall–Kier alpha value is -2.28. The fraction of sp³-hybridized carbons (Fsp3) is 0.105. The number of fused-ring (bicyclic) bond motifs is 1. The van der Waals surface area contributed by atoms with E-state index in [2.05, 4.69) is 52.0 Å².